The zero-order valence-electron chi connectivity index (χ0n) is 12.0. The molecule has 1 amide bonds. The zero-order chi connectivity index (χ0) is 14.7. The summed E-state index contributed by atoms with van der Waals surface area (Å²) in [6.07, 6.45) is 7.05. The maximum atomic E-state index is 12.4. The molecule has 110 valence electrons. The van der Waals surface area contributed by atoms with Crippen molar-refractivity contribution in [1.82, 2.24) is 19.9 Å². The van der Waals surface area contributed by atoms with Gasteiger partial charge in [-0.05, 0) is 45.0 Å². The number of anilines is 1. The van der Waals surface area contributed by atoms with Gasteiger partial charge in [0.1, 0.15) is 5.82 Å². The minimum Gasteiger partial charge on any atom is -0.323 e. The van der Waals surface area contributed by atoms with Gasteiger partial charge in [0.05, 0.1) is 5.69 Å². The number of nitrogens with zero attached hydrogens (tertiary/aromatic N) is 3. The third-order valence-corrected chi connectivity index (χ3v) is 3.81. The van der Waals surface area contributed by atoms with Crippen LogP contribution in [0, 0.1) is 12.8 Å². The second-order valence-corrected chi connectivity index (χ2v) is 5.23. The summed E-state index contributed by atoms with van der Waals surface area (Å²) in [6.45, 7) is 3.71. The molecule has 0 saturated carbocycles. The fourth-order valence-corrected chi connectivity index (χ4v) is 2.61. The SMILES string of the molecule is Cc1nccn1-c1ncccc1NC(=O)C1CCNCC1. The number of aryl methyl sites for hydroxylation is 1. The van der Waals surface area contributed by atoms with Crippen LogP contribution < -0.4 is 10.6 Å². The average molecular weight is 285 g/mol. The van der Waals surface area contributed by atoms with E-state index in [9.17, 15) is 4.79 Å². The smallest absolute Gasteiger partial charge is 0.227 e. The quantitative estimate of drug-likeness (QED) is 0.897. The highest BCUT2D eigenvalue weighted by molar-refractivity contribution is 5.94. The lowest BCUT2D eigenvalue weighted by molar-refractivity contribution is -0.120. The molecule has 1 aliphatic rings. The minimum absolute atomic E-state index is 0.0724. The number of aromatic nitrogens is 3. The molecule has 1 fully saturated rings. The summed E-state index contributed by atoms with van der Waals surface area (Å²) in [6, 6.07) is 3.70. The van der Waals surface area contributed by atoms with Gasteiger partial charge in [-0.2, -0.15) is 0 Å². The van der Waals surface area contributed by atoms with Gasteiger partial charge in [0.25, 0.3) is 0 Å². The van der Waals surface area contributed by atoms with Gasteiger partial charge >= 0.3 is 0 Å². The van der Waals surface area contributed by atoms with Crippen LogP contribution in [0.5, 0.6) is 0 Å². The maximum Gasteiger partial charge on any atom is 0.227 e. The Morgan fingerprint density at radius 1 is 1.33 bits per heavy atom. The van der Waals surface area contributed by atoms with Gasteiger partial charge in [0, 0.05) is 24.5 Å². The zero-order valence-corrected chi connectivity index (χ0v) is 12.0. The van der Waals surface area contributed by atoms with E-state index in [1.807, 2.05) is 29.8 Å². The summed E-state index contributed by atoms with van der Waals surface area (Å²) < 4.78 is 1.87. The Morgan fingerprint density at radius 2 is 2.14 bits per heavy atom. The number of imidazole rings is 1. The van der Waals surface area contributed by atoms with Crippen molar-refractivity contribution < 1.29 is 4.79 Å². The molecule has 6 heteroatoms. The van der Waals surface area contributed by atoms with Gasteiger partial charge in [-0.3, -0.25) is 9.36 Å². The number of piperidine rings is 1. The van der Waals surface area contributed by atoms with E-state index in [0.29, 0.717) is 5.82 Å². The molecule has 0 radical (unpaired) electrons. The van der Waals surface area contributed by atoms with Crippen molar-refractivity contribution in [3.63, 3.8) is 0 Å². The van der Waals surface area contributed by atoms with Crippen molar-refractivity contribution in [2.45, 2.75) is 19.8 Å². The second kappa shape index (κ2) is 6.05. The van der Waals surface area contributed by atoms with Crippen LogP contribution in [0.25, 0.3) is 5.82 Å². The van der Waals surface area contributed by atoms with E-state index in [0.717, 1.165) is 37.4 Å². The number of hydrogen-bond donors (Lipinski definition) is 2. The highest BCUT2D eigenvalue weighted by atomic mass is 16.1. The summed E-state index contributed by atoms with van der Waals surface area (Å²) >= 11 is 0. The van der Waals surface area contributed by atoms with Crippen LogP contribution in [0.4, 0.5) is 5.69 Å². The molecule has 1 aliphatic heterocycles. The van der Waals surface area contributed by atoms with Gasteiger partial charge in [-0.25, -0.2) is 9.97 Å². The van der Waals surface area contributed by atoms with Crippen LogP contribution >= 0.6 is 0 Å². The Morgan fingerprint density at radius 3 is 2.86 bits per heavy atom. The molecule has 0 spiro atoms. The van der Waals surface area contributed by atoms with E-state index >= 15 is 0 Å². The molecule has 2 N–H and O–H groups in total. The average Bonchev–Trinajstić information content (AvgIpc) is 2.95. The molecule has 0 aliphatic carbocycles. The molecule has 0 unspecified atom stereocenters. The van der Waals surface area contributed by atoms with Crippen molar-refractivity contribution in [3.05, 3.63) is 36.5 Å². The topological polar surface area (TPSA) is 71.8 Å². The van der Waals surface area contributed by atoms with E-state index < -0.39 is 0 Å². The molecule has 0 atom stereocenters. The van der Waals surface area contributed by atoms with Crippen molar-refractivity contribution in [2.24, 2.45) is 5.92 Å². The molecule has 6 nitrogen and oxygen atoms in total. The normalized spacial score (nSPS) is 15.9. The second-order valence-electron chi connectivity index (χ2n) is 5.23. The van der Waals surface area contributed by atoms with Crippen LogP contribution in [-0.2, 0) is 4.79 Å². The van der Waals surface area contributed by atoms with Crippen molar-refractivity contribution in [1.29, 1.82) is 0 Å². The minimum atomic E-state index is 0.0724. The van der Waals surface area contributed by atoms with E-state index in [-0.39, 0.29) is 11.8 Å². The monoisotopic (exact) mass is 285 g/mol. The first kappa shape index (κ1) is 13.8. The summed E-state index contributed by atoms with van der Waals surface area (Å²) in [5.41, 5.74) is 0.724. The van der Waals surface area contributed by atoms with E-state index in [2.05, 4.69) is 20.6 Å². The molecular weight excluding hydrogens is 266 g/mol. The third kappa shape index (κ3) is 2.95. The van der Waals surface area contributed by atoms with Crippen molar-refractivity contribution in [2.75, 3.05) is 18.4 Å². The molecular formula is C15H19N5O. The Kier molecular flexibility index (Phi) is 3.96. The molecule has 0 aromatic carbocycles. The van der Waals surface area contributed by atoms with Gasteiger partial charge in [-0.1, -0.05) is 0 Å². The number of pyridine rings is 1. The first-order valence-corrected chi connectivity index (χ1v) is 7.22. The van der Waals surface area contributed by atoms with Crippen LogP contribution in [-0.4, -0.2) is 33.5 Å². The molecule has 2 aromatic rings. The number of hydrogen-bond acceptors (Lipinski definition) is 4. The van der Waals surface area contributed by atoms with Gasteiger partial charge in [-0.15, -0.1) is 0 Å². The number of amides is 1. The third-order valence-electron chi connectivity index (χ3n) is 3.81. The molecule has 1 saturated heterocycles. The fourth-order valence-electron chi connectivity index (χ4n) is 2.61. The molecule has 3 heterocycles. The number of carbonyl (C=O) groups is 1. The molecule has 21 heavy (non-hydrogen) atoms. The highest BCUT2D eigenvalue weighted by Crippen LogP contribution is 2.21. The highest BCUT2D eigenvalue weighted by Gasteiger charge is 2.22. The summed E-state index contributed by atoms with van der Waals surface area (Å²) in [7, 11) is 0. The van der Waals surface area contributed by atoms with Gasteiger partial charge in [0.15, 0.2) is 5.82 Å². The predicted octanol–water partition coefficient (Wildman–Crippen LogP) is 1.51. The first-order chi connectivity index (χ1) is 10.3. The first-order valence-electron chi connectivity index (χ1n) is 7.22. The molecule has 3 rings (SSSR count). The largest absolute Gasteiger partial charge is 0.323 e. The maximum absolute atomic E-state index is 12.4. The lowest BCUT2D eigenvalue weighted by Crippen LogP contribution is -2.34. The summed E-state index contributed by atoms with van der Waals surface area (Å²) in [5.74, 6) is 1.69. The standard InChI is InChI=1S/C15H19N5O/c1-11-17-9-10-20(11)14-13(3-2-6-18-14)19-15(21)12-4-7-16-8-5-12/h2-3,6,9-10,12,16H,4-5,7-8H2,1H3,(H,19,21). The Labute approximate surface area is 123 Å². The van der Waals surface area contributed by atoms with Crippen molar-refractivity contribution >= 4 is 11.6 Å². The predicted molar refractivity (Wildman–Crippen MR) is 80.3 cm³/mol. The van der Waals surface area contributed by atoms with Crippen LogP contribution in [0.2, 0.25) is 0 Å². The Hall–Kier alpha value is -2.21. The van der Waals surface area contributed by atoms with E-state index in [1.54, 1.807) is 12.4 Å². The Bertz CT molecular complexity index is 630. The number of nitrogens with one attached hydrogen (secondary N) is 2. The lowest BCUT2D eigenvalue weighted by Gasteiger charge is -2.22. The fraction of sp³-hybridized carbons (Fsp3) is 0.400. The summed E-state index contributed by atoms with van der Waals surface area (Å²) in [4.78, 5) is 21.0. The van der Waals surface area contributed by atoms with Crippen LogP contribution in [0.15, 0.2) is 30.7 Å². The summed E-state index contributed by atoms with van der Waals surface area (Å²) in [5, 5.41) is 6.29. The van der Waals surface area contributed by atoms with Gasteiger partial charge in [0.2, 0.25) is 5.91 Å². The van der Waals surface area contributed by atoms with E-state index in [1.165, 1.54) is 0 Å². The van der Waals surface area contributed by atoms with Crippen LogP contribution in [0.3, 0.4) is 0 Å². The lowest BCUT2D eigenvalue weighted by atomic mass is 9.97. The number of rotatable bonds is 3. The van der Waals surface area contributed by atoms with Gasteiger partial charge < -0.3 is 10.6 Å². The molecule has 0 bridgehead atoms. The van der Waals surface area contributed by atoms with Crippen LogP contribution in [0.1, 0.15) is 18.7 Å². The molecule has 2 aromatic heterocycles. The van der Waals surface area contributed by atoms with Crippen molar-refractivity contribution in [3.8, 4) is 5.82 Å². The Balaban J connectivity index is 1.82. The number of carbonyl (C=O) groups excluding carboxylic acids is 1. The van der Waals surface area contributed by atoms with E-state index in [4.69, 9.17) is 0 Å².